The van der Waals surface area contributed by atoms with Crippen LogP contribution in [0.3, 0.4) is 0 Å². The highest BCUT2D eigenvalue weighted by Crippen LogP contribution is 2.34. The zero-order valence-corrected chi connectivity index (χ0v) is 12.9. The summed E-state index contributed by atoms with van der Waals surface area (Å²) in [6.45, 7) is 5.85. The topological polar surface area (TPSA) is 6.48 Å². The predicted octanol–water partition coefficient (Wildman–Crippen LogP) is 3.78. The molecule has 2 nitrogen and oxygen atoms in total. The van der Waals surface area contributed by atoms with Gasteiger partial charge in [-0.25, -0.2) is 0 Å². The Morgan fingerprint density at radius 2 is 2.17 bits per heavy atom. The fraction of sp³-hybridized carbons (Fsp3) is 0.571. The average molecular weight is 330 g/mol. The van der Waals surface area contributed by atoms with E-state index in [0.717, 1.165) is 28.6 Å². The van der Waals surface area contributed by atoms with Crippen LogP contribution in [0.25, 0.3) is 0 Å². The highest BCUT2D eigenvalue weighted by Gasteiger charge is 2.34. The minimum absolute atomic E-state index is 0.540. The summed E-state index contributed by atoms with van der Waals surface area (Å²) in [4.78, 5) is 5.11. The standard InChI is InChI=1S/C14H18BrClN2/c1-10-8-17-6-2-3-12(17)9-18(10)14-5-4-11(15)7-13(14)16/h4-5,7,10,12H,2-3,6,8-9H2,1H3. The van der Waals surface area contributed by atoms with Crippen molar-refractivity contribution in [2.45, 2.75) is 31.8 Å². The Morgan fingerprint density at radius 3 is 2.94 bits per heavy atom. The molecule has 0 bridgehead atoms. The second-order valence-electron chi connectivity index (χ2n) is 5.39. The molecule has 2 unspecified atom stereocenters. The molecule has 2 aliphatic rings. The number of benzene rings is 1. The van der Waals surface area contributed by atoms with E-state index in [9.17, 15) is 0 Å². The number of halogens is 2. The van der Waals surface area contributed by atoms with Crippen LogP contribution in [0.1, 0.15) is 19.8 Å². The molecule has 0 aliphatic carbocycles. The summed E-state index contributed by atoms with van der Waals surface area (Å²) >= 11 is 9.86. The second-order valence-corrected chi connectivity index (χ2v) is 6.71. The first-order valence-electron chi connectivity index (χ1n) is 6.61. The van der Waals surface area contributed by atoms with Gasteiger partial charge < -0.3 is 4.90 Å². The average Bonchev–Trinajstić information content (AvgIpc) is 2.75. The van der Waals surface area contributed by atoms with E-state index in [-0.39, 0.29) is 0 Å². The normalized spacial score (nSPS) is 28.5. The number of fused-ring (bicyclic) bond motifs is 1. The lowest BCUT2D eigenvalue weighted by atomic mass is 10.1. The van der Waals surface area contributed by atoms with Crippen molar-refractivity contribution < 1.29 is 0 Å². The Labute approximate surface area is 122 Å². The summed E-state index contributed by atoms with van der Waals surface area (Å²) in [6, 6.07) is 7.46. The SMILES string of the molecule is CC1CN2CCCC2CN1c1ccc(Br)cc1Cl. The van der Waals surface area contributed by atoms with Gasteiger partial charge in [-0.3, -0.25) is 4.90 Å². The Morgan fingerprint density at radius 1 is 1.33 bits per heavy atom. The van der Waals surface area contributed by atoms with E-state index < -0.39 is 0 Å². The molecule has 2 atom stereocenters. The van der Waals surface area contributed by atoms with E-state index in [1.807, 2.05) is 6.07 Å². The van der Waals surface area contributed by atoms with Gasteiger partial charge in [0.1, 0.15) is 0 Å². The van der Waals surface area contributed by atoms with Gasteiger partial charge >= 0.3 is 0 Å². The van der Waals surface area contributed by atoms with Crippen molar-refractivity contribution in [2.75, 3.05) is 24.5 Å². The van der Waals surface area contributed by atoms with E-state index in [4.69, 9.17) is 11.6 Å². The molecule has 4 heteroatoms. The molecule has 0 amide bonds. The Bertz CT molecular complexity index is 451. The maximum absolute atomic E-state index is 6.39. The smallest absolute Gasteiger partial charge is 0.0650 e. The first-order valence-corrected chi connectivity index (χ1v) is 7.78. The molecular weight excluding hydrogens is 312 g/mol. The van der Waals surface area contributed by atoms with Gasteiger partial charge in [0.05, 0.1) is 10.7 Å². The summed E-state index contributed by atoms with van der Waals surface area (Å²) in [7, 11) is 0. The molecule has 18 heavy (non-hydrogen) atoms. The van der Waals surface area contributed by atoms with Crippen molar-refractivity contribution in [3.63, 3.8) is 0 Å². The summed E-state index contributed by atoms with van der Waals surface area (Å²) in [5.41, 5.74) is 1.18. The molecule has 2 heterocycles. The third-order valence-electron chi connectivity index (χ3n) is 4.16. The van der Waals surface area contributed by atoms with E-state index in [2.05, 4.69) is 44.8 Å². The molecule has 0 radical (unpaired) electrons. The van der Waals surface area contributed by atoms with Crippen molar-refractivity contribution >= 4 is 33.2 Å². The predicted molar refractivity (Wildman–Crippen MR) is 80.6 cm³/mol. The minimum atomic E-state index is 0.540. The van der Waals surface area contributed by atoms with Crippen LogP contribution in [0.2, 0.25) is 5.02 Å². The van der Waals surface area contributed by atoms with Crippen molar-refractivity contribution in [2.24, 2.45) is 0 Å². The monoisotopic (exact) mass is 328 g/mol. The fourth-order valence-electron chi connectivity index (χ4n) is 3.24. The molecule has 1 aromatic carbocycles. The van der Waals surface area contributed by atoms with Crippen LogP contribution in [0, 0.1) is 0 Å². The van der Waals surface area contributed by atoms with Gasteiger partial charge in [0, 0.05) is 29.6 Å². The third-order valence-corrected chi connectivity index (χ3v) is 4.95. The van der Waals surface area contributed by atoms with Crippen molar-refractivity contribution in [1.82, 2.24) is 4.90 Å². The fourth-order valence-corrected chi connectivity index (χ4v) is 4.02. The Balaban J connectivity index is 1.86. The number of piperazine rings is 1. The van der Waals surface area contributed by atoms with Gasteiger partial charge in [0.25, 0.3) is 0 Å². The van der Waals surface area contributed by atoms with Crippen LogP contribution in [-0.2, 0) is 0 Å². The Kier molecular flexibility index (Phi) is 3.57. The molecule has 3 rings (SSSR count). The van der Waals surface area contributed by atoms with Crippen LogP contribution < -0.4 is 4.90 Å². The molecular formula is C14H18BrClN2. The molecule has 98 valence electrons. The molecule has 2 fully saturated rings. The van der Waals surface area contributed by atoms with E-state index >= 15 is 0 Å². The third kappa shape index (κ3) is 2.28. The molecule has 0 spiro atoms. The number of hydrogen-bond donors (Lipinski definition) is 0. The Hall–Kier alpha value is -0.250. The summed E-state index contributed by atoms with van der Waals surface area (Å²) in [5, 5.41) is 0.850. The van der Waals surface area contributed by atoms with Crippen LogP contribution in [-0.4, -0.2) is 36.6 Å². The minimum Gasteiger partial charge on any atom is -0.365 e. The van der Waals surface area contributed by atoms with Crippen molar-refractivity contribution in [3.8, 4) is 0 Å². The van der Waals surface area contributed by atoms with Crippen LogP contribution in [0.4, 0.5) is 5.69 Å². The zero-order valence-electron chi connectivity index (χ0n) is 10.6. The largest absolute Gasteiger partial charge is 0.365 e. The first-order chi connectivity index (χ1) is 8.65. The van der Waals surface area contributed by atoms with E-state index in [1.54, 1.807) is 0 Å². The molecule has 0 aromatic heterocycles. The maximum Gasteiger partial charge on any atom is 0.0650 e. The van der Waals surface area contributed by atoms with E-state index in [1.165, 1.54) is 25.1 Å². The van der Waals surface area contributed by atoms with Crippen molar-refractivity contribution in [1.29, 1.82) is 0 Å². The van der Waals surface area contributed by atoms with E-state index in [0.29, 0.717) is 6.04 Å². The van der Waals surface area contributed by atoms with Gasteiger partial charge in [0.15, 0.2) is 0 Å². The summed E-state index contributed by atoms with van der Waals surface area (Å²) < 4.78 is 1.04. The lowest BCUT2D eigenvalue weighted by molar-refractivity contribution is 0.203. The van der Waals surface area contributed by atoms with Crippen LogP contribution in [0.15, 0.2) is 22.7 Å². The number of hydrogen-bond acceptors (Lipinski definition) is 2. The van der Waals surface area contributed by atoms with Crippen LogP contribution >= 0.6 is 27.5 Å². The van der Waals surface area contributed by atoms with Gasteiger partial charge in [-0.15, -0.1) is 0 Å². The molecule has 0 N–H and O–H groups in total. The number of anilines is 1. The molecule has 2 saturated heterocycles. The maximum atomic E-state index is 6.39. The van der Waals surface area contributed by atoms with Gasteiger partial charge in [0.2, 0.25) is 0 Å². The lowest BCUT2D eigenvalue weighted by Gasteiger charge is -2.44. The summed E-state index contributed by atoms with van der Waals surface area (Å²) in [6.07, 6.45) is 2.68. The van der Waals surface area contributed by atoms with Crippen LogP contribution in [0.5, 0.6) is 0 Å². The highest BCUT2D eigenvalue weighted by molar-refractivity contribution is 9.10. The molecule has 2 aliphatic heterocycles. The summed E-state index contributed by atoms with van der Waals surface area (Å²) in [5.74, 6) is 0. The zero-order chi connectivity index (χ0) is 12.7. The molecule has 1 aromatic rings. The number of nitrogens with zero attached hydrogens (tertiary/aromatic N) is 2. The lowest BCUT2D eigenvalue weighted by Crippen LogP contribution is -2.55. The number of rotatable bonds is 1. The van der Waals surface area contributed by atoms with Crippen molar-refractivity contribution in [3.05, 3.63) is 27.7 Å². The van der Waals surface area contributed by atoms with Gasteiger partial charge in [-0.1, -0.05) is 27.5 Å². The highest BCUT2D eigenvalue weighted by atomic mass is 79.9. The van der Waals surface area contributed by atoms with Gasteiger partial charge in [-0.2, -0.15) is 0 Å². The molecule has 0 saturated carbocycles. The first kappa shape index (κ1) is 12.8. The second kappa shape index (κ2) is 5.03. The van der Waals surface area contributed by atoms with Gasteiger partial charge in [-0.05, 0) is 44.5 Å². The quantitative estimate of drug-likeness (QED) is 0.774.